The molecule has 3 heteroatoms. The van der Waals surface area contributed by atoms with Gasteiger partial charge < -0.3 is 16.0 Å². The van der Waals surface area contributed by atoms with Crippen molar-refractivity contribution in [1.29, 1.82) is 0 Å². The molecule has 0 heterocycles. The third-order valence-corrected chi connectivity index (χ3v) is 3.47. The predicted octanol–water partition coefficient (Wildman–Crippen LogP) is 5.16. The van der Waals surface area contributed by atoms with Crippen molar-refractivity contribution in [2.75, 3.05) is 6.54 Å². The van der Waals surface area contributed by atoms with Crippen LogP contribution in [0.2, 0.25) is 0 Å². The Hall–Kier alpha value is -2.26. The van der Waals surface area contributed by atoms with E-state index in [1.54, 1.807) is 6.08 Å². The fourth-order valence-electron chi connectivity index (χ4n) is 2.25. The fourth-order valence-corrected chi connectivity index (χ4v) is 2.25. The summed E-state index contributed by atoms with van der Waals surface area (Å²) in [6, 6.07) is 0. The molecule has 1 unspecified atom stereocenters. The Labute approximate surface area is 154 Å². The molecule has 0 rings (SSSR count). The molecule has 0 aromatic heterocycles. The van der Waals surface area contributed by atoms with Crippen molar-refractivity contribution in [3.8, 4) is 0 Å². The molecule has 0 bridgehead atoms. The highest BCUT2D eigenvalue weighted by Gasteiger charge is 2.16. The first kappa shape index (κ1) is 22.7. The van der Waals surface area contributed by atoms with E-state index < -0.39 is 0 Å². The van der Waals surface area contributed by atoms with Gasteiger partial charge in [-0.3, -0.25) is 0 Å². The summed E-state index contributed by atoms with van der Waals surface area (Å²) in [6.07, 6.45) is 17.2. The number of hydrogen-bond donors (Lipinski definition) is 2. The molecule has 0 aliphatic heterocycles. The Morgan fingerprint density at radius 2 is 1.88 bits per heavy atom. The van der Waals surface area contributed by atoms with E-state index >= 15 is 0 Å². The molecule has 0 aromatic carbocycles. The van der Waals surface area contributed by atoms with Crippen molar-refractivity contribution >= 4 is 0 Å². The van der Waals surface area contributed by atoms with Gasteiger partial charge in [0.1, 0.15) is 0 Å². The molecule has 0 saturated heterocycles. The van der Waals surface area contributed by atoms with Crippen molar-refractivity contribution in [3.63, 3.8) is 0 Å². The zero-order valence-corrected chi connectivity index (χ0v) is 16.0. The second-order valence-electron chi connectivity index (χ2n) is 5.92. The number of hydrogen-bond acceptors (Lipinski definition) is 3. The summed E-state index contributed by atoms with van der Waals surface area (Å²) in [5.74, 6) is 0. The van der Waals surface area contributed by atoms with Gasteiger partial charge in [-0.15, -0.1) is 6.58 Å². The molecule has 0 aliphatic carbocycles. The van der Waals surface area contributed by atoms with Gasteiger partial charge in [-0.2, -0.15) is 0 Å². The molecule has 1 atom stereocenters. The Morgan fingerprint density at radius 1 is 1.20 bits per heavy atom. The number of unbranched alkanes of at least 4 members (excludes halogenated alkanes) is 1. The van der Waals surface area contributed by atoms with Crippen LogP contribution in [0.15, 0.2) is 85.9 Å². The van der Waals surface area contributed by atoms with Crippen molar-refractivity contribution < 1.29 is 0 Å². The van der Waals surface area contributed by atoms with Crippen molar-refractivity contribution in [1.82, 2.24) is 10.2 Å². The van der Waals surface area contributed by atoms with Gasteiger partial charge >= 0.3 is 0 Å². The molecule has 138 valence electrons. The Balaban J connectivity index is 4.82. The first-order valence-corrected chi connectivity index (χ1v) is 8.86. The van der Waals surface area contributed by atoms with Gasteiger partial charge in [-0.05, 0) is 44.9 Å². The SMILES string of the molecule is C=C/C=C(\N/C=C\CC/C=C\C(=C)C)C(=C)N(CCC)C(N)CC=C. The molecule has 0 fully saturated rings. The zero-order chi connectivity index (χ0) is 19.1. The standard InChI is InChI=1S/C22H35N3/c1-7-14-21(24-17-13-11-10-12-16-19(4)5)20(6)25(18-9-3)22(23)15-8-2/h7-8,12-14,16-17,22,24H,1-2,4,6,9-11,15,18,23H2,3,5H3/b16-12-,17-13-,21-14-. The molecule has 0 aromatic rings. The van der Waals surface area contributed by atoms with Gasteiger partial charge in [0.2, 0.25) is 0 Å². The summed E-state index contributed by atoms with van der Waals surface area (Å²) in [5.41, 5.74) is 9.10. The van der Waals surface area contributed by atoms with Crippen LogP contribution in [-0.2, 0) is 0 Å². The van der Waals surface area contributed by atoms with Crippen molar-refractivity contribution in [3.05, 3.63) is 85.9 Å². The summed E-state index contributed by atoms with van der Waals surface area (Å²) >= 11 is 0. The number of nitrogens with one attached hydrogen (secondary N) is 1. The maximum absolute atomic E-state index is 6.26. The summed E-state index contributed by atoms with van der Waals surface area (Å²) in [4.78, 5) is 2.10. The monoisotopic (exact) mass is 341 g/mol. The van der Waals surface area contributed by atoms with Crippen molar-refractivity contribution in [2.45, 2.75) is 45.7 Å². The second kappa shape index (κ2) is 14.1. The average molecular weight is 342 g/mol. The van der Waals surface area contributed by atoms with Gasteiger partial charge in [0.15, 0.2) is 0 Å². The van der Waals surface area contributed by atoms with Crippen molar-refractivity contribution in [2.24, 2.45) is 5.73 Å². The lowest BCUT2D eigenvalue weighted by atomic mass is 10.2. The number of nitrogens with zero attached hydrogens (tertiary/aromatic N) is 1. The predicted molar refractivity (Wildman–Crippen MR) is 113 cm³/mol. The van der Waals surface area contributed by atoms with E-state index in [-0.39, 0.29) is 6.17 Å². The van der Waals surface area contributed by atoms with Crippen LogP contribution in [-0.4, -0.2) is 17.6 Å². The van der Waals surface area contributed by atoms with Crippen LogP contribution in [0.5, 0.6) is 0 Å². The lowest BCUT2D eigenvalue weighted by Gasteiger charge is -2.33. The van der Waals surface area contributed by atoms with Crippen LogP contribution in [0.1, 0.15) is 39.5 Å². The Kier molecular flexibility index (Phi) is 12.8. The quantitative estimate of drug-likeness (QED) is 0.198. The van der Waals surface area contributed by atoms with Crippen LogP contribution in [0.25, 0.3) is 0 Å². The van der Waals surface area contributed by atoms with E-state index in [9.17, 15) is 0 Å². The number of allylic oxidation sites excluding steroid dienone is 6. The lowest BCUT2D eigenvalue weighted by molar-refractivity contribution is 0.262. The molecule has 0 saturated carbocycles. The summed E-state index contributed by atoms with van der Waals surface area (Å²) in [5, 5.41) is 3.30. The van der Waals surface area contributed by atoms with E-state index in [1.807, 2.05) is 31.4 Å². The highest BCUT2D eigenvalue weighted by atomic mass is 15.2. The van der Waals surface area contributed by atoms with Crippen LogP contribution < -0.4 is 11.1 Å². The fraction of sp³-hybridized carbons (Fsp3) is 0.364. The Morgan fingerprint density at radius 3 is 2.44 bits per heavy atom. The molecular formula is C22H35N3. The normalized spacial score (nSPS) is 13.0. The molecule has 3 nitrogen and oxygen atoms in total. The minimum absolute atomic E-state index is 0.128. The first-order chi connectivity index (χ1) is 12.0. The smallest absolute Gasteiger partial charge is 0.0806 e. The van der Waals surface area contributed by atoms with Gasteiger partial charge in [0.25, 0.3) is 0 Å². The zero-order valence-electron chi connectivity index (χ0n) is 16.0. The lowest BCUT2D eigenvalue weighted by Crippen LogP contribution is -2.42. The molecule has 0 amide bonds. The van der Waals surface area contributed by atoms with Gasteiger partial charge in [0.05, 0.1) is 17.6 Å². The summed E-state index contributed by atoms with van der Waals surface area (Å²) in [7, 11) is 0. The largest absolute Gasteiger partial charge is 0.360 e. The molecule has 25 heavy (non-hydrogen) atoms. The van der Waals surface area contributed by atoms with Crippen LogP contribution in [0, 0.1) is 0 Å². The first-order valence-electron chi connectivity index (χ1n) is 8.86. The highest BCUT2D eigenvalue weighted by molar-refractivity contribution is 5.30. The van der Waals surface area contributed by atoms with Crippen LogP contribution in [0.4, 0.5) is 0 Å². The van der Waals surface area contributed by atoms with Crippen LogP contribution in [0.3, 0.4) is 0 Å². The minimum atomic E-state index is -0.128. The van der Waals surface area contributed by atoms with Gasteiger partial charge in [0, 0.05) is 6.54 Å². The molecule has 0 spiro atoms. The average Bonchev–Trinajstić information content (AvgIpc) is 2.57. The van der Waals surface area contributed by atoms with E-state index in [2.05, 4.69) is 55.6 Å². The Bertz CT molecular complexity index is 523. The van der Waals surface area contributed by atoms with E-state index in [1.165, 1.54) is 0 Å². The third kappa shape index (κ3) is 10.3. The minimum Gasteiger partial charge on any atom is -0.360 e. The highest BCUT2D eigenvalue weighted by Crippen LogP contribution is 2.16. The van der Waals surface area contributed by atoms with E-state index in [4.69, 9.17) is 5.73 Å². The topological polar surface area (TPSA) is 41.3 Å². The summed E-state index contributed by atoms with van der Waals surface area (Å²) < 4.78 is 0. The number of nitrogens with two attached hydrogens (primary N) is 1. The van der Waals surface area contributed by atoms with E-state index in [0.717, 1.165) is 42.8 Å². The number of rotatable bonds is 14. The maximum atomic E-state index is 6.26. The maximum Gasteiger partial charge on any atom is 0.0806 e. The second-order valence-corrected chi connectivity index (χ2v) is 5.92. The molecule has 0 radical (unpaired) electrons. The van der Waals surface area contributed by atoms with Crippen LogP contribution >= 0.6 is 0 Å². The summed E-state index contributed by atoms with van der Waals surface area (Å²) in [6.45, 7) is 20.6. The molecule has 3 N–H and O–H groups in total. The van der Waals surface area contributed by atoms with Gasteiger partial charge in [-0.1, -0.05) is 62.6 Å². The molecular weight excluding hydrogens is 306 g/mol. The molecule has 0 aliphatic rings. The van der Waals surface area contributed by atoms with E-state index in [0.29, 0.717) is 6.42 Å². The third-order valence-electron chi connectivity index (χ3n) is 3.47. The van der Waals surface area contributed by atoms with Gasteiger partial charge in [-0.25, -0.2) is 0 Å².